The highest BCUT2D eigenvalue weighted by Gasteiger charge is 2.45. The average Bonchev–Trinajstić information content (AvgIpc) is 3.23. The molecule has 1 aromatic rings. The molecule has 22 heavy (non-hydrogen) atoms. The average molecular weight is 349 g/mol. The molecular formula is C14H18Cl2N2O4. The van der Waals surface area contributed by atoms with Gasteiger partial charge in [0, 0.05) is 6.54 Å². The molecule has 1 fully saturated rings. The van der Waals surface area contributed by atoms with Gasteiger partial charge in [0.15, 0.2) is 11.5 Å². The van der Waals surface area contributed by atoms with E-state index in [4.69, 9.17) is 26.8 Å². The summed E-state index contributed by atoms with van der Waals surface area (Å²) in [6, 6.07) is 3.29. The molecule has 122 valence electrons. The Kier molecular flexibility index (Phi) is 5.07. The van der Waals surface area contributed by atoms with Gasteiger partial charge in [0.1, 0.15) is 13.2 Å². The van der Waals surface area contributed by atoms with Gasteiger partial charge in [-0.25, -0.2) is 0 Å². The van der Waals surface area contributed by atoms with Crippen LogP contribution < -0.4 is 20.5 Å². The third-order valence-electron chi connectivity index (χ3n) is 3.70. The van der Waals surface area contributed by atoms with Gasteiger partial charge in [-0.15, -0.1) is 12.4 Å². The van der Waals surface area contributed by atoms with Crippen molar-refractivity contribution in [1.29, 1.82) is 0 Å². The Bertz CT molecular complexity index is 578. The lowest BCUT2D eigenvalue weighted by Gasteiger charge is -2.22. The van der Waals surface area contributed by atoms with Crippen LogP contribution in [-0.2, 0) is 4.79 Å². The molecule has 1 unspecified atom stereocenters. The number of aliphatic hydroxyl groups excluding tert-OH is 1. The molecule has 0 radical (unpaired) electrons. The van der Waals surface area contributed by atoms with Crippen molar-refractivity contribution >= 4 is 29.9 Å². The molecule has 1 heterocycles. The van der Waals surface area contributed by atoms with Gasteiger partial charge in [-0.05, 0) is 30.5 Å². The summed E-state index contributed by atoms with van der Waals surface area (Å²) in [6.45, 7) is 0.965. The van der Waals surface area contributed by atoms with Crippen LogP contribution in [0.2, 0.25) is 5.02 Å². The van der Waals surface area contributed by atoms with Crippen LogP contribution in [0.4, 0.5) is 0 Å². The van der Waals surface area contributed by atoms with Crippen LogP contribution in [0.1, 0.15) is 24.5 Å². The van der Waals surface area contributed by atoms with E-state index in [1.807, 2.05) is 0 Å². The molecule has 2 aliphatic rings. The van der Waals surface area contributed by atoms with Gasteiger partial charge in [0.2, 0.25) is 5.91 Å². The summed E-state index contributed by atoms with van der Waals surface area (Å²) in [5.41, 5.74) is 5.59. The maximum atomic E-state index is 11.7. The second-order valence-corrected chi connectivity index (χ2v) is 5.82. The van der Waals surface area contributed by atoms with Crippen molar-refractivity contribution in [2.75, 3.05) is 19.8 Å². The molecule has 1 saturated carbocycles. The number of benzene rings is 1. The predicted molar refractivity (Wildman–Crippen MR) is 83.8 cm³/mol. The van der Waals surface area contributed by atoms with Crippen molar-refractivity contribution in [2.45, 2.75) is 24.5 Å². The number of amides is 1. The minimum absolute atomic E-state index is 0. The number of carbonyl (C=O) groups is 1. The van der Waals surface area contributed by atoms with Gasteiger partial charge in [-0.3, -0.25) is 4.79 Å². The summed E-state index contributed by atoms with van der Waals surface area (Å²) in [4.78, 5) is 11.7. The third-order valence-corrected chi connectivity index (χ3v) is 3.98. The zero-order valence-corrected chi connectivity index (χ0v) is 13.4. The first-order chi connectivity index (χ1) is 9.99. The van der Waals surface area contributed by atoms with Crippen molar-refractivity contribution in [2.24, 2.45) is 5.73 Å². The molecule has 1 amide bonds. The van der Waals surface area contributed by atoms with E-state index in [1.54, 1.807) is 12.1 Å². The van der Waals surface area contributed by atoms with E-state index in [9.17, 15) is 9.90 Å². The van der Waals surface area contributed by atoms with E-state index >= 15 is 0 Å². The van der Waals surface area contributed by atoms with Gasteiger partial charge < -0.3 is 25.6 Å². The van der Waals surface area contributed by atoms with E-state index < -0.39 is 11.6 Å². The standard InChI is InChI=1S/C14H17ClN2O4.ClH/c15-9-5-8(6-11-12(9)21-4-3-20-11)10(18)7-17-13(19)14(16)1-2-14;/h5-6,10,18H,1-4,7,16H2,(H,17,19);1H. The largest absolute Gasteiger partial charge is 0.486 e. The Morgan fingerprint density at radius 1 is 1.41 bits per heavy atom. The SMILES string of the molecule is Cl.NC1(C(=O)NCC(O)c2cc(Cl)c3c(c2)OCCO3)CC1. The van der Waals surface area contributed by atoms with Gasteiger partial charge in [0.25, 0.3) is 0 Å². The minimum atomic E-state index is -0.885. The zero-order valence-electron chi connectivity index (χ0n) is 11.8. The fraction of sp³-hybridized carbons (Fsp3) is 0.500. The fourth-order valence-electron chi connectivity index (χ4n) is 2.17. The van der Waals surface area contributed by atoms with E-state index in [0.29, 0.717) is 48.1 Å². The normalized spacial score (nSPS) is 18.9. The van der Waals surface area contributed by atoms with Crippen molar-refractivity contribution in [1.82, 2.24) is 5.32 Å². The molecule has 1 aliphatic heterocycles. The second-order valence-electron chi connectivity index (χ2n) is 5.41. The molecule has 6 nitrogen and oxygen atoms in total. The maximum absolute atomic E-state index is 11.7. The first-order valence-corrected chi connectivity index (χ1v) is 7.22. The highest BCUT2D eigenvalue weighted by atomic mass is 35.5. The molecule has 0 spiro atoms. The van der Waals surface area contributed by atoms with E-state index in [0.717, 1.165) is 0 Å². The summed E-state index contributed by atoms with van der Waals surface area (Å²) < 4.78 is 10.9. The maximum Gasteiger partial charge on any atom is 0.240 e. The van der Waals surface area contributed by atoms with E-state index in [1.165, 1.54) is 0 Å². The first-order valence-electron chi connectivity index (χ1n) is 6.84. The lowest BCUT2D eigenvalue weighted by molar-refractivity contribution is -0.123. The number of aliphatic hydroxyl groups is 1. The molecule has 1 aromatic carbocycles. The van der Waals surface area contributed by atoms with Crippen LogP contribution in [-0.4, -0.2) is 36.3 Å². The highest BCUT2D eigenvalue weighted by Crippen LogP contribution is 2.39. The molecule has 3 rings (SSSR count). The number of rotatable bonds is 4. The number of hydrogen-bond donors (Lipinski definition) is 3. The summed E-state index contributed by atoms with van der Waals surface area (Å²) in [7, 11) is 0. The Labute approximate surface area is 139 Å². The number of nitrogens with one attached hydrogen (secondary N) is 1. The zero-order chi connectivity index (χ0) is 15.0. The van der Waals surface area contributed by atoms with Gasteiger partial charge in [-0.2, -0.15) is 0 Å². The Morgan fingerprint density at radius 3 is 2.77 bits per heavy atom. The monoisotopic (exact) mass is 348 g/mol. The molecule has 0 saturated heterocycles. The summed E-state index contributed by atoms with van der Waals surface area (Å²) in [6.07, 6.45) is 0.486. The molecule has 1 atom stereocenters. The van der Waals surface area contributed by atoms with Crippen LogP contribution in [0.3, 0.4) is 0 Å². The molecular weight excluding hydrogens is 331 g/mol. The van der Waals surface area contributed by atoms with E-state index in [2.05, 4.69) is 5.32 Å². The topological polar surface area (TPSA) is 93.8 Å². The summed E-state index contributed by atoms with van der Waals surface area (Å²) in [5, 5.41) is 13.2. The van der Waals surface area contributed by atoms with Crippen LogP contribution in [0.15, 0.2) is 12.1 Å². The number of ether oxygens (including phenoxy) is 2. The van der Waals surface area contributed by atoms with Gasteiger partial charge >= 0.3 is 0 Å². The fourth-order valence-corrected chi connectivity index (χ4v) is 2.44. The van der Waals surface area contributed by atoms with Gasteiger partial charge in [-0.1, -0.05) is 11.6 Å². The van der Waals surface area contributed by atoms with E-state index in [-0.39, 0.29) is 24.9 Å². The minimum Gasteiger partial charge on any atom is -0.486 e. The lowest BCUT2D eigenvalue weighted by atomic mass is 10.1. The summed E-state index contributed by atoms with van der Waals surface area (Å²) in [5.74, 6) is 0.763. The molecule has 4 N–H and O–H groups in total. The van der Waals surface area contributed by atoms with Crippen molar-refractivity contribution < 1.29 is 19.4 Å². The lowest BCUT2D eigenvalue weighted by Crippen LogP contribution is -2.44. The Morgan fingerprint density at radius 2 is 2.09 bits per heavy atom. The van der Waals surface area contributed by atoms with Crippen molar-refractivity contribution in [3.05, 3.63) is 22.7 Å². The molecule has 8 heteroatoms. The number of hydrogen-bond acceptors (Lipinski definition) is 5. The first kappa shape index (κ1) is 17.1. The summed E-state index contributed by atoms with van der Waals surface area (Å²) >= 11 is 6.11. The highest BCUT2D eigenvalue weighted by molar-refractivity contribution is 6.32. The number of fused-ring (bicyclic) bond motifs is 1. The Balaban J connectivity index is 0.00000176. The molecule has 0 aromatic heterocycles. The van der Waals surface area contributed by atoms with Crippen LogP contribution in [0, 0.1) is 0 Å². The Hall–Kier alpha value is -1.21. The quantitative estimate of drug-likeness (QED) is 0.759. The van der Waals surface area contributed by atoms with Crippen LogP contribution >= 0.6 is 24.0 Å². The molecule has 0 bridgehead atoms. The van der Waals surface area contributed by atoms with Crippen LogP contribution in [0.5, 0.6) is 11.5 Å². The second kappa shape index (κ2) is 6.50. The van der Waals surface area contributed by atoms with Crippen LogP contribution in [0.25, 0.3) is 0 Å². The smallest absolute Gasteiger partial charge is 0.240 e. The van der Waals surface area contributed by atoms with Crippen molar-refractivity contribution in [3.63, 3.8) is 0 Å². The predicted octanol–water partition coefficient (Wildman–Crippen LogP) is 1.17. The number of carbonyl (C=O) groups excluding carboxylic acids is 1. The van der Waals surface area contributed by atoms with Gasteiger partial charge in [0.05, 0.1) is 16.7 Å². The third kappa shape index (κ3) is 3.41. The van der Waals surface area contributed by atoms with Crippen molar-refractivity contribution in [3.8, 4) is 11.5 Å². The molecule has 1 aliphatic carbocycles. The number of nitrogens with two attached hydrogens (primary N) is 1. The number of halogens is 2.